The van der Waals surface area contributed by atoms with Gasteiger partial charge in [-0.15, -0.1) is 0 Å². The van der Waals surface area contributed by atoms with Crippen molar-refractivity contribution in [1.29, 1.82) is 5.26 Å². The maximum absolute atomic E-state index is 8.48. The normalized spacial score (nSPS) is 10.2. The highest BCUT2D eigenvalue weighted by atomic mass is 35.5. The Morgan fingerprint density at radius 2 is 2.14 bits per heavy atom. The van der Waals surface area contributed by atoms with Crippen LogP contribution in [0.5, 0.6) is 0 Å². The van der Waals surface area contributed by atoms with Gasteiger partial charge in [-0.25, -0.2) is 0 Å². The predicted molar refractivity (Wildman–Crippen MR) is 58.4 cm³/mol. The minimum Gasteiger partial charge on any atom is -0.289 e. The Bertz CT molecular complexity index is 358. The second-order valence-corrected chi connectivity index (χ2v) is 3.91. The summed E-state index contributed by atoms with van der Waals surface area (Å²) in [6.45, 7) is 1.04. The lowest BCUT2D eigenvalue weighted by atomic mass is 10.2. The molecule has 74 valence electrons. The van der Waals surface area contributed by atoms with Gasteiger partial charge in [0.2, 0.25) is 0 Å². The Morgan fingerprint density at radius 3 is 2.71 bits per heavy atom. The van der Waals surface area contributed by atoms with Crippen molar-refractivity contribution < 1.29 is 0 Å². The van der Waals surface area contributed by atoms with Crippen LogP contribution in [0.3, 0.4) is 0 Å². The molecule has 1 aromatic carbocycles. The van der Waals surface area contributed by atoms with Crippen LogP contribution in [-0.2, 0) is 6.54 Å². The maximum Gasteiger partial charge on any atom is 0.0866 e. The molecule has 4 heteroatoms. The Morgan fingerprint density at radius 1 is 1.43 bits per heavy atom. The van der Waals surface area contributed by atoms with Gasteiger partial charge in [0.05, 0.1) is 12.6 Å². The van der Waals surface area contributed by atoms with Crippen molar-refractivity contribution >= 4 is 23.2 Å². The molecule has 0 aliphatic rings. The molecule has 0 fully saturated rings. The molecule has 0 unspecified atom stereocenters. The number of nitrogens with zero attached hydrogens (tertiary/aromatic N) is 2. The van der Waals surface area contributed by atoms with Crippen molar-refractivity contribution in [1.82, 2.24) is 4.90 Å². The molecule has 0 aliphatic carbocycles. The minimum atomic E-state index is 0.388. The molecule has 2 nitrogen and oxygen atoms in total. The highest BCUT2D eigenvalue weighted by molar-refractivity contribution is 6.35. The number of nitriles is 1. The van der Waals surface area contributed by atoms with E-state index in [1.54, 1.807) is 12.1 Å². The molecule has 0 N–H and O–H groups in total. The minimum absolute atomic E-state index is 0.388. The highest BCUT2D eigenvalue weighted by Gasteiger charge is 2.04. The van der Waals surface area contributed by atoms with Crippen molar-refractivity contribution in [2.75, 3.05) is 13.6 Å². The lowest BCUT2D eigenvalue weighted by molar-refractivity contribution is 0.367. The average molecular weight is 229 g/mol. The monoisotopic (exact) mass is 228 g/mol. The summed E-state index contributed by atoms with van der Waals surface area (Å²) in [5.74, 6) is 0. The molecule has 0 saturated heterocycles. The first-order valence-electron chi connectivity index (χ1n) is 4.13. The molecule has 14 heavy (non-hydrogen) atoms. The van der Waals surface area contributed by atoms with Crippen molar-refractivity contribution in [3.8, 4) is 6.07 Å². The fourth-order valence-corrected chi connectivity index (χ4v) is 1.59. The average Bonchev–Trinajstić information content (AvgIpc) is 2.10. The van der Waals surface area contributed by atoms with Crippen LogP contribution < -0.4 is 0 Å². The van der Waals surface area contributed by atoms with Gasteiger partial charge in [-0.3, -0.25) is 4.90 Å². The summed E-state index contributed by atoms with van der Waals surface area (Å²) in [6, 6.07) is 7.45. The summed E-state index contributed by atoms with van der Waals surface area (Å²) in [5, 5.41) is 9.75. The van der Waals surface area contributed by atoms with E-state index >= 15 is 0 Å². The van der Waals surface area contributed by atoms with Gasteiger partial charge >= 0.3 is 0 Å². The largest absolute Gasteiger partial charge is 0.289 e. The second kappa shape index (κ2) is 5.21. The molecule has 1 aromatic rings. The van der Waals surface area contributed by atoms with Crippen molar-refractivity contribution in [2.45, 2.75) is 6.54 Å². The fraction of sp³-hybridized carbons (Fsp3) is 0.300. The molecule has 0 bridgehead atoms. The van der Waals surface area contributed by atoms with Crippen molar-refractivity contribution in [2.24, 2.45) is 0 Å². The number of rotatable bonds is 3. The van der Waals surface area contributed by atoms with Crippen LogP contribution >= 0.6 is 23.2 Å². The van der Waals surface area contributed by atoms with Crippen LogP contribution in [0, 0.1) is 11.3 Å². The van der Waals surface area contributed by atoms with E-state index in [2.05, 4.69) is 6.07 Å². The molecule has 1 rings (SSSR count). The quantitative estimate of drug-likeness (QED) is 0.745. The lowest BCUT2D eigenvalue weighted by Crippen LogP contribution is -2.17. The van der Waals surface area contributed by atoms with E-state index in [0.29, 0.717) is 23.1 Å². The molecule has 0 amide bonds. The molecule has 0 radical (unpaired) electrons. The fourth-order valence-electron chi connectivity index (χ4n) is 1.12. The Kier molecular flexibility index (Phi) is 4.21. The van der Waals surface area contributed by atoms with Crippen LogP contribution in [0.2, 0.25) is 10.0 Å². The van der Waals surface area contributed by atoms with E-state index in [0.717, 1.165) is 5.56 Å². The third kappa shape index (κ3) is 3.19. The van der Waals surface area contributed by atoms with E-state index in [4.69, 9.17) is 28.5 Å². The highest BCUT2D eigenvalue weighted by Crippen LogP contribution is 2.21. The van der Waals surface area contributed by atoms with Crippen LogP contribution in [0.15, 0.2) is 18.2 Å². The first-order valence-corrected chi connectivity index (χ1v) is 4.88. The summed E-state index contributed by atoms with van der Waals surface area (Å²) >= 11 is 11.7. The Hall–Kier alpha value is -0.750. The maximum atomic E-state index is 8.48. The number of hydrogen-bond acceptors (Lipinski definition) is 2. The van der Waals surface area contributed by atoms with E-state index < -0.39 is 0 Å². The second-order valence-electron chi connectivity index (χ2n) is 3.07. The van der Waals surface area contributed by atoms with Gasteiger partial charge in [-0.05, 0) is 24.7 Å². The van der Waals surface area contributed by atoms with Gasteiger partial charge in [0.25, 0.3) is 0 Å². The van der Waals surface area contributed by atoms with E-state index in [1.165, 1.54) is 0 Å². The van der Waals surface area contributed by atoms with E-state index in [-0.39, 0.29) is 0 Å². The van der Waals surface area contributed by atoms with Crippen molar-refractivity contribution in [3.05, 3.63) is 33.8 Å². The van der Waals surface area contributed by atoms with Gasteiger partial charge < -0.3 is 0 Å². The van der Waals surface area contributed by atoms with Gasteiger partial charge in [0.1, 0.15) is 0 Å². The van der Waals surface area contributed by atoms with Crippen LogP contribution in [0.4, 0.5) is 0 Å². The zero-order valence-corrected chi connectivity index (χ0v) is 9.31. The van der Waals surface area contributed by atoms with Gasteiger partial charge in [0, 0.05) is 16.6 Å². The summed E-state index contributed by atoms with van der Waals surface area (Å²) in [5.41, 5.74) is 0.980. The molecule has 0 spiro atoms. The zero-order chi connectivity index (χ0) is 10.6. The van der Waals surface area contributed by atoms with Gasteiger partial charge in [-0.2, -0.15) is 5.26 Å². The zero-order valence-electron chi connectivity index (χ0n) is 7.80. The molecular formula is C10H10Cl2N2. The smallest absolute Gasteiger partial charge is 0.0866 e. The molecule has 0 aliphatic heterocycles. The predicted octanol–water partition coefficient (Wildman–Crippen LogP) is 2.95. The first kappa shape index (κ1) is 11.3. The number of halogens is 2. The third-order valence-electron chi connectivity index (χ3n) is 1.80. The summed E-state index contributed by atoms with van der Waals surface area (Å²) in [4.78, 5) is 1.88. The molecular weight excluding hydrogens is 219 g/mol. The molecule has 0 heterocycles. The lowest BCUT2D eigenvalue weighted by Gasteiger charge is -2.13. The number of benzene rings is 1. The van der Waals surface area contributed by atoms with Gasteiger partial charge in [-0.1, -0.05) is 29.3 Å². The van der Waals surface area contributed by atoms with Crippen LogP contribution in [0.25, 0.3) is 0 Å². The molecule has 0 aromatic heterocycles. The van der Waals surface area contributed by atoms with E-state index in [9.17, 15) is 0 Å². The Labute approximate surface area is 93.7 Å². The SMILES string of the molecule is CN(CC#N)Cc1ccc(Cl)cc1Cl. The van der Waals surface area contributed by atoms with E-state index in [1.807, 2.05) is 18.0 Å². The number of hydrogen-bond donors (Lipinski definition) is 0. The topological polar surface area (TPSA) is 27.0 Å². The summed E-state index contributed by atoms with van der Waals surface area (Å²) in [7, 11) is 1.87. The van der Waals surface area contributed by atoms with Crippen molar-refractivity contribution in [3.63, 3.8) is 0 Å². The first-order chi connectivity index (χ1) is 6.63. The standard InChI is InChI=1S/C10H10Cl2N2/c1-14(5-4-13)7-8-2-3-9(11)6-10(8)12/h2-3,6H,5,7H2,1H3. The van der Waals surface area contributed by atoms with Crippen LogP contribution in [-0.4, -0.2) is 18.5 Å². The molecule has 0 atom stereocenters. The molecule has 0 saturated carbocycles. The van der Waals surface area contributed by atoms with Crippen LogP contribution in [0.1, 0.15) is 5.56 Å². The van der Waals surface area contributed by atoms with Gasteiger partial charge in [0.15, 0.2) is 0 Å². The Balaban J connectivity index is 2.73. The summed E-state index contributed by atoms with van der Waals surface area (Å²) in [6.07, 6.45) is 0. The summed E-state index contributed by atoms with van der Waals surface area (Å²) < 4.78 is 0. The third-order valence-corrected chi connectivity index (χ3v) is 2.38.